The average Bonchev–Trinajstić information content (AvgIpc) is 2.38. The first-order valence-corrected chi connectivity index (χ1v) is 6.03. The number of anilines is 2. The van der Waals surface area contributed by atoms with Crippen molar-refractivity contribution in [2.45, 2.75) is 12.8 Å². The van der Waals surface area contributed by atoms with Crippen LogP contribution in [0.25, 0.3) is 0 Å². The molecule has 0 unspecified atom stereocenters. The van der Waals surface area contributed by atoms with Crippen molar-refractivity contribution in [2.24, 2.45) is 0 Å². The Morgan fingerprint density at radius 1 is 1.28 bits per heavy atom. The number of rotatable bonds is 3. The van der Waals surface area contributed by atoms with Gasteiger partial charge in [0.25, 0.3) is 0 Å². The molecule has 0 aliphatic carbocycles. The van der Waals surface area contributed by atoms with Gasteiger partial charge in [-0.15, -0.1) is 11.6 Å². The van der Waals surface area contributed by atoms with E-state index < -0.39 is 0 Å². The second-order valence-electron chi connectivity index (χ2n) is 3.95. The van der Waals surface area contributed by atoms with Crippen molar-refractivity contribution >= 4 is 23.2 Å². The second kappa shape index (κ2) is 5.31. The number of hydrogen-bond acceptors (Lipinski definition) is 3. The molecule has 94 valence electrons. The van der Waals surface area contributed by atoms with Crippen molar-refractivity contribution in [3.63, 3.8) is 0 Å². The maximum absolute atomic E-state index is 12.9. The predicted molar refractivity (Wildman–Crippen MR) is 70.8 cm³/mol. The Morgan fingerprint density at radius 2 is 1.94 bits per heavy atom. The van der Waals surface area contributed by atoms with Crippen LogP contribution in [0.2, 0.25) is 0 Å². The average molecular weight is 266 g/mol. The molecule has 0 aliphatic rings. The van der Waals surface area contributed by atoms with Crippen LogP contribution >= 0.6 is 11.6 Å². The van der Waals surface area contributed by atoms with Crippen molar-refractivity contribution < 1.29 is 4.39 Å². The van der Waals surface area contributed by atoms with Crippen LogP contribution in [0.3, 0.4) is 0 Å². The fourth-order valence-corrected chi connectivity index (χ4v) is 1.82. The van der Waals surface area contributed by atoms with Gasteiger partial charge in [-0.1, -0.05) is 0 Å². The molecule has 1 heterocycles. The number of benzene rings is 1. The molecule has 0 radical (unpaired) electrons. The molecule has 0 saturated carbocycles. The molecule has 1 aromatic heterocycles. The summed E-state index contributed by atoms with van der Waals surface area (Å²) < 4.78 is 12.9. The van der Waals surface area contributed by atoms with Crippen LogP contribution in [-0.4, -0.2) is 17.0 Å². The molecule has 0 fully saturated rings. The Kier molecular flexibility index (Phi) is 3.77. The highest BCUT2D eigenvalue weighted by Gasteiger charge is 2.09. The van der Waals surface area contributed by atoms with E-state index in [9.17, 15) is 4.39 Å². The molecule has 0 N–H and O–H groups in total. The number of hydrogen-bond donors (Lipinski definition) is 0. The van der Waals surface area contributed by atoms with Crippen LogP contribution < -0.4 is 4.90 Å². The summed E-state index contributed by atoms with van der Waals surface area (Å²) in [6, 6.07) is 6.19. The van der Waals surface area contributed by atoms with E-state index in [1.165, 1.54) is 12.1 Å². The minimum Gasteiger partial charge on any atom is -0.314 e. The van der Waals surface area contributed by atoms with Crippen LogP contribution in [-0.2, 0) is 5.88 Å². The van der Waals surface area contributed by atoms with Crippen molar-refractivity contribution in [3.8, 4) is 0 Å². The fraction of sp³-hybridized carbons (Fsp3) is 0.231. The number of aryl methyl sites for hydroxylation is 1. The first kappa shape index (κ1) is 12.8. The standard InChI is InChI=1S/C13H13ClFN3/c1-9-10(7-14)8-16-13(17-9)18(2)12-5-3-11(15)4-6-12/h3-6,8H,7H2,1-2H3. The van der Waals surface area contributed by atoms with Gasteiger partial charge in [0.1, 0.15) is 5.82 Å². The molecule has 0 atom stereocenters. The third-order valence-corrected chi connectivity index (χ3v) is 3.01. The number of alkyl halides is 1. The van der Waals surface area contributed by atoms with E-state index in [1.54, 1.807) is 23.2 Å². The van der Waals surface area contributed by atoms with E-state index in [-0.39, 0.29) is 5.82 Å². The number of aromatic nitrogens is 2. The quantitative estimate of drug-likeness (QED) is 0.796. The number of nitrogens with zero attached hydrogens (tertiary/aromatic N) is 3. The predicted octanol–water partition coefficient (Wildman–Crippen LogP) is 3.43. The SMILES string of the molecule is Cc1nc(N(C)c2ccc(F)cc2)ncc1CCl. The molecule has 0 amide bonds. The zero-order chi connectivity index (χ0) is 13.1. The summed E-state index contributed by atoms with van der Waals surface area (Å²) in [7, 11) is 1.84. The lowest BCUT2D eigenvalue weighted by Gasteiger charge is -2.17. The zero-order valence-electron chi connectivity index (χ0n) is 10.2. The van der Waals surface area contributed by atoms with E-state index in [0.717, 1.165) is 16.9 Å². The molecule has 0 spiro atoms. The van der Waals surface area contributed by atoms with Gasteiger partial charge in [-0.2, -0.15) is 0 Å². The Morgan fingerprint density at radius 3 is 2.50 bits per heavy atom. The van der Waals surface area contributed by atoms with Gasteiger partial charge >= 0.3 is 0 Å². The summed E-state index contributed by atoms with van der Waals surface area (Å²) in [5.41, 5.74) is 2.59. The Hall–Kier alpha value is -1.68. The maximum atomic E-state index is 12.9. The Balaban J connectivity index is 2.31. The third kappa shape index (κ3) is 2.59. The fourth-order valence-electron chi connectivity index (χ4n) is 1.55. The summed E-state index contributed by atoms with van der Waals surface area (Å²) in [5.74, 6) is 0.696. The van der Waals surface area contributed by atoms with E-state index in [4.69, 9.17) is 11.6 Å². The van der Waals surface area contributed by atoms with E-state index in [2.05, 4.69) is 9.97 Å². The molecule has 3 nitrogen and oxygen atoms in total. The smallest absolute Gasteiger partial charge is 0.229 e. The van der Waals surface area contributed by atoms with Gasteiger partial charge in [-0.3, -0.25) is 0 Å². The largest absolute Gasteiger partial charge is 0.314 e. The van der Waals surface area contributed by atoms with Gasteiger partial charge < -0.3 is 4.90 Å². The van der Waals surface area contributed by atoms with Crippen molar-refractivity contribution in [1.29, 1.82) is 0 Å². The van der Waals surface area contributed by atoms with Gasteiger partial charge in [-0.25, -0.2) is 14.4 Å². The van der Waals surface area contributed by atoms with Crippen LogP contribution in [0.5, 0.6) is 0 Å². The van der Waals surface area contributed by atoms with Crippen LogP contribution in [0, 0.1) is 12.7 Å². The van der Waals surface area contributed by atoms with E-state index >= 15 is 0 Å². The Bertz CT molecular complexity index is 542. The molecule has 0 aliphatic heterocycles. The summed E-state index contributed by atoms with van der Waals surface area (Å²) in [4.78, 5) is 10.4. The highest BCUT2D eigenvalue weighted by Crippen LogP contribution is 2.21. The molecule has 2 aromatic rings. The van der Waals surface area contributed by atoms with Crippen molar-refractivity contribution in [2.75, 3.05) is 11.9 Å². The minimum atomic E-state index is -0.262. The summed E-state index contributed by atoms with van der Waals surface area (Å²) in [6.45, 7) is 1.89. The molecular weight excluding hydrogens is 253 g/mol. The highest BCUT2D eigenvalue weighted by atomic mass is 35.5. The van der Waals surface area contributed by atoms with Crippen LogP contribution in [0.1, 0.15) is 11.3 Å². The van der Waals surface area contributed by atoms with Crippen molar-refractivity contribution in [1.82, 2.24) is 9.97 Å². The number of halogens is 2. The first-order chi connectivity index (χ1) is 8.61. The molecular formula is C13H13ClFN3. The normalized spacial score (nSPS) is 10.4. The highest BCUT2D eigenvalue weighted by molar-refractivity contribution is 6.17. The minimum absolute atomic E-state index is 0.262. The lowest BCUT2D eigenvalue weighted by molar-refractivity contribution is 0.628. The van der Waals surface area contributed by atoms with Gasteiger partial charge in [0.15, 0.2) is 0 Å². The van der Waals surface area contributed by atoms with E-state index in [0.29, 0.717) is 11.8 Å². The summed E-state index contributed by atoms with van der Waals surface area (Å²) in [6.07, 6.45) is 1.71. The maximum Gasteiger partial charge on any atom is 0.229 e. The Labute approximate surface area is 110 Å². The third-order valence-electron chi connectivity index (χ3n) is 2.73. The molecule has 5 heteroatoms. The monoisotopic (exact) mass is 265 g/mol. The van der Waals surface area contributed by atoms with Gasteiger partial charge in [0.05, 0.1) is 5.88 Å². The van der Waals surface area contributed by atoms with E-state index in [1.807, 2.05) is 14.0 Å². The lowest BCUT2D eigenvalue weighted by Crippen LogP contribution is -2.14. The topological polar surface area (TPSA) is 29.0 Å². The molecule has 2 rings (SSSR count). The van der Waals surface area contributed by atoms with Crippen molar-refractivity contribution in [3.05, 3.63) is 47.5 Å². The second-order valence-corrected chi connectivity index (χ2v) is 4.22. The van der Waals surface area contributed by atoms with Gasteiger partial charge in [0, 0.05) is 30.2 Å². The van der Waals surface area contributed by atoms with Crippen LogP contribution in [0.15, 0.2) is 30.5 Å². The van der Waals surface area contributed by atoms with Crippen LogP contribution in [0.4, 0.5) is 16.0 Å². The lowest BCUT2D eigenvalue weighted by atomic mass is 10.3. The molecule has 18 heavy (non-hydrogen) atoms. The van der Waals surface area contributed by atoms with Gasteiger partial charge in [0.2, 0.25) is 5.95 Å². The molecule has 1 aromatic carbocycles. The molecule has 0 bridgehead atoms. The summed E-state index contributed by atoms with van der Waals surface area (Å²) >= 11 is 5.76. The van der Waals surface area contributed by atoms with Gasteiger partial charge in [-0.05, 0) is 31.2 Å². The molecule has 0 saturated heterocycles. The first-order valence-electron chi connectivity index (χ1n) is 5.49. The zero-order valence-corrected chi connectivity index (χ0v) is 10.9. The summed E-state index contributed by atoms with van der Waals surface area (Å²) in [5, 5.41) is 0.